The second-order valence-corrected chi connectivity index (χ2v) is 4.72. The van der Waals surface area contributed by atoms with Crippen LogP contribution in [0.5, 0.6) is 0 Å². The van der Waals surface area contributed by atoms with Crippen molar-refractivity contribution in [3.05, 3.63) is 17.5 Å². The lowest BCUT2D eigenvalue weighted by molar-refractivity contribution is 0.0900. The molecule has 17 heavy (non-hydrogen) atoms. The molecule has 0 saturated carbocycles. The van der Waals surface area contributed by atoms with Gasteiger partial charge in [-0.1, -0.05) is 6.92 Å². The molecule has 1 saturated heterocycles. The number of rotatable bonds is 4. The number of ether oxygens (including phenoxy) is 1. The fourth-order valence-electron chi connectivity index (χ4n) is 2.40. The second-order valence-electron chi connectivity index (χ2n) is 4.72. The van der Waals surface area contributed by atoms with E-state index in [-0.39, 0.29) is 0 Å². The minimum Gasteiger partial charge on any atom is -0.378 e. The van der Waals surface area contributed by atoms with Crippen LogP contribution in [0.3, 0.4) is 0 Å². The van der Waals surface area contributed by atoms with Crippen molar-refractivity contribution in [3.63, 3.8) is 0 Å². The maximum absolute atomic E-state index is 5.67. The molecule has 1 aromatic heterocycles. The van der Waals surface area contributed by atoms with Gasteiger partial charge in [0.25, 0.3) is 0 Å². The number of hydrogen-bond donors (Lipinski definition) is 1. The maximum atomic E-state index is 5.67. The Morgan fingerprint density at radius 2 is 2.06 bits per heavy atom. The SMILES string of the molecule is CCC1OCCC1CNc1nc(C)cc(C)n1. The molecular weight excluding hydrogens is 214 g/mol. The monoisotopic (exact) mass is 235 g/mol. The van der Waals surface area contributed by atoms with Gasteiger partial charge in [0.15, 0.2) is 0 Å². The standard InChI is InChI=1S/C13H21N3O/c1-4-12-11(5-6-17-12)8-14-13-15-9(2)7-10(3)16-13/h7,11-12H,4-6,8H2,1-3H3,(H,14,15,16). The van der Waals surface area contributed by atoms with Gasteiger partial charge in [0.2, 0.25) is 5.95 Å². The van der Waals surface area contributed by atoms with Crippen LogP contribution >= 0.6 is 0 Å². The second kappa shape index (κ2) is 5.45. The van der Waals surface area contributed by atoms with E-state index >= 15 is 0 Å². The zero-order valence-electron chi connectivity index (χ0n) is 10.9. The lowest BCUT2D eigenvalue weighted by Crippen LogP contribution is -2.23. The maximum Gasteiger partial charge on any atom is 0.223 e. The molecule has 0 spiro atoms. The number of hydrogen-bond acceptors (Lipinski definition) is 4. The van der Waals surface area contributed by atoms with Gasteiger partial charge >= 0.3 is 0 Å². The van der Waals surface area contributed by atoms with E-state index in [1.807, 2.05) is 19.9 Å². The van der Waals surface area contributed by atoms with E-state index in [4.69, 9.17) is 4.74 Å². The lowest BCUT2D eigenvalue weighted by Gasteiger charge is -2.17. The third-order valence-corrected chi connectivity index (χ3v) is 3.25. The summed E-state index contributed by atoms with van der Waals surface area (Å²) in [6.07, 6.45) is 2.62. The first-order chi connectivity index (χ1) is 8.19. The molecule has 94 valence electrons. The van der Waals surface area contributed by atoms with Crippen molar-refractivity contribution in [1.29, 1.82) is 0 Å². The van der Waals surface area contributed by atoms with Gasteiger partial charge in [-0.15, -0.1) is 0 Å². The fourth-order valence-corrected chi connectivity index (χ4v) is 2.40. The fraction of sp³-hybridized carbons (Fsp3) is 0.692. The van der Waals surface area contributed by atoms with Crippen LogP contribution in [0.4, 0.5) is 5.95 Å². The minimum absolute atomic E-state index is 0.397. The van der Waals surface area contributed by atoms with E-state index < -0.39 is 0 Å². The molecule has 4 nitrogen and oxygen atoms in total. The molecule has 1 aromatic rings. The van der Waals surface area contributed by atoms with E-state index in [1.165, 1.54) is 0 Å². The average Bonchev–Trinajstić information content (AvgIpc) is 2.72. The smallest absolute Gasteiger partial charge is 0.223 e. The summed E-state index contributed by atoms with van der Waals surface area (Å²) in [6, 6.07) is 1.98. The van der Waals surface area contributed by atoms with Crippen molar-refractivity contribution in [2.75, 3.05) is 18.5 Å². The van der Waals surface area contributed by atoms with Gasteiger partial charge in [-0.3, -0.25) is 0 Å². The Morgan fingerprint density at radius 1 is 1.35 bits per heavy atom. The van der Waals surface area contributed by atoms with Gasteiger partial charge in [0, 0.05) is 30.5 Å². The molecule has 2 atom stereocenters. The lowest BCUT2D eigenvalue weighted by atomic mass is 10.00. The highest BCUT2D eigenvalue weighted by Crippen LogP contribution is 2.23. The van der Waals surface area contributed by atoms with Crippen LogP contribution in [-0.2, 0) is 4.74 Å². The average molecular weight is 235 g/mol. The summed E-state index contributed by atoms with van der Waals surface area (Å²) in [5, 5.41) is 3.33. The molecule has 1 N–H and O–H groups in total. The summed E-state index contributed by atoms with van der Waals surface area (Å²) in [7, 11) is 0. The molecule has 1 fully saturated rings. The van der Waals surface area contributed by atoms with Crippen LogP contribution in [0.1, 0.15) is 31.2 Å². The molecule has 4 heteroatoms. The summed E-state index contributed by atoms with van der Waals surface area (Å²) in [6.45, 7) is 7.96. The Balaban J connectivity index is 1.93. The van der Waals surface area contributed by atoms with Crippen molar-refractivity contribution >= 4 is 5.95 Å². The highest BCUT2D eigenvalue weighted by Gasteiger charge is 2.26. The van der Waals surface area contributed by atoms with Crippen LogP contribution in [-0.4, -0.2) is 29.2 Å². The highest BCUT2D eigenvalue weighted by molar-refractivity contribution is 5.27. The summed E-state index contributed by atoms with van der Waals surface area (Å²) in [5.41, 5.74) is 2.02. The number of anilines is 1. The van der Waals surface area contributed by atoms with E-state index in [2.05, 4.69) is 22.2 Å². The quantitative estimate of drug-likeness (QED) is 0.870. The molecule has 0 amide bonds. The first kappa shape index (κ1) is 12.3. The van der Waals surface area contributed by atoms with Crippen molar-refractivity contribution in [3.8, 4) is 0 Å². The topological polar surface area (TPSA) is 47.0 Å². The van der Waals surface area contributed by atoms with Crippen molar-refractivity contribution in [2.45, 2.75) is 39.7 Å². The predicted octanol–water partition coefficient (Wildman–Crippen LogP) is 2.32. The third kappa shape index (κ3) is 3.16. The van der Waals surface area contributed by atoms with Gasteiger partial charge in [0.1, 0.15) is 0 Å². The summed E-state index contributed by atoms with van der Waals surface area (Å²) in [5.74, 6) is 1.33. The van der Waals surface area contributed by atoms with Gasteiger partial charge in [-0.05, 0) is 32.8 Å². The Hall–Kier alpha value is -1.16. The molecule has 0 radical (unpaired) electrons. The summed E-state index contributed by atoms with van der Waals surface area (Å²) < 4.78 is 5.67. The summed E-state index contributed by atoms with van der Waals surface area (Å²) >= 11 is 0. The predicted molar refractivity (Wildman–Crippen MR) is 68.1 cm³/mol. The van der Waals surface area contributed by atoms with Crippen molar-refractivity contribution in [2.24, 2.45) is 5.92 Å². The third-order valence-electron chi connectivity index (χ3n) is 3.25. The van der Waals surface area contributed by atoms with Crippen LogP contribution in [0.25, 0.3) is 0 Å². The van der Waals surface area contributed by atoms with Crippen LogP contribution in [0.2, 0.25) is 0 Å². The Morgan fingerprint density at radius 3 is 2.71 bits per heavy atom. The first-order valence-corrected chi connectivity index (χ1v) is 6.36. The molecule has 0 bridgehead atoms. The van der Waals surface area contributed by atoms with Crippen LogP contribution in [0, 0.1) is 19.8 Å². The van der Waals surface area contributed by atoms with E-state index in [9.17, 15) is 0 Å². The van der Waals surface area contributed by atoms with Crippen LogP contribution < -0.4 is 5.32 Å². The van der Waals surface area contributed by atoms with Gasteiger partial charge in [0.05, 0.1) is 6.10 Å². The summed E-state index contributed by atoms with van der Waals surface area (Å²) in [4.78, 5) is 8.77. The van der Waals surface area contributed by atoms with Gasteiger partial charge in [-0.2, -0.15) is 0 Å². The normalized spacial score (nSPS) is 23.9. The zero-order chi connectivity index (χ0) is 12.3. The minimum atomic E-state index is 0.397. The van der Waals surface area contributed by atoms with E-state index in [1.54, 1.807) is 0 Å². The Labute approximate surface area is 103 Å². The van der Waals surface area contributed by atoms with Crippen LogP contribution in [0.15, 0.2) is 6.07 Å². The number of aromatic nitrogens is 2. The molecule has 2 heterocycles. The molecular formula is C13H21N3O. The molecule has 2 rings (SSSR count). The van der Waals surface area contributed by atoms with E-state index in [0.29, 0.717) is 12.0 Å². The molecule has 0 aliphatic carbocycles. The number of aryl methyl sites for hydroxylation is 2. The molecule has 1 aliphatic heterocycles. The number of nitrogens with one attached hydrogen (secondary N) is 1. The van der Waals surface area contributed by atoms with Gasteiger partial charge in [-0.25, -0.2) is 9.97 Å². The highest BCUT2D eigenvalue weighted by atomic mass is 16.5. The van der Waals surface area contributed by atoms with Gasteiger partial charge < -0.3 is 10.1 Å². The Bertz CT molecular complexity index is 361. The molecule has 1 aliphatic rings. The molecule has 2 unspecified atom stereocenters. The zero-order valence-corrected chi connectivity index (χ0v) is 10.9. The largest absolute Gasteiger partial charge is 0.378 e. The molecule has 0 aromatic carbocycles. The van der Waals surface area contributed by atoms with E-state index in [0.717, 1.165) is 43.3 Å². The van der Waals surface area contributed by atoms with Crippen molar-refractivity contribution < 1.29 is 4.74 Å². The van der Waals surface area contributed by atoms with Crippen molar-refractivity contribution in [1.82, 2.24) is 9.97 Å². The number of nitrogens with zero attached hydrogens (tertiary/aromatic N) is 2. The Kier molecular flexibility index (Phi) is 3.94. The first-order valence-electron chi connectivity index (χ1n) is 6.36.